The molecule has 1 aromatic heterocycles. The van der Waals surface area contributed by atoms with E-state index >= 15 is 0 Å². The largest absolute Gasteiger partial charge is 0.455 e. The fourth-order valence-corrected chi connectivity index (χ4v) is 5.48. The molecule has 0 radical (unpaired) electrons. The van der Waals surface area contributed by atoms with Crippen molar-refractivity contribution in [3.63, 3.8) is 0 Å². The zero-order chi connectivity index (χ0) is 33.6. The van der Waals surface area contributed by atoms with E-state index in [1.54, 1.807) is 24.3 Å². The molecule has 0 unspecified atom stereocenters. The summed E-state index contributed by atoms with van der Waals surface area (Å²) in [6.45, 7) is 11.8. The number of amides is 2. The lowest BCUT2D eigenvalue weighted by atomic mass is 9.90. The number of aromatic nitrogens is 4. The smallest absolute Gasteiger partial charge is 0.352 e. The van der Waals surface area contributed by atoms with Crippen LogP contribution in [0.5, 0.6) is 0 Å². The zero-order valence-electron chi connectivity index (χ0n) is 26.9. The maximum Gasteiger partial charge on any atom is 0.455 e. The molecule has 2 amide bonds. The lowest BCUT2D eigenvalue weighted by Gasteiger charge is -2.37. The number of hydrogen-bond acceptors (Lipinski definition) is 12. The van der Waals surface area contributed by atoms with Gasteiger partial charge in [0, 0.05) is 109 Å². The van der Waals surface area contributed by atoms with Gasteiger partial charge in [0.05, 0.1) is 5.54 Å². The van der Waals surface area contributed by atoms with Crippen molar-refractivity contribution in [3.05, 3.63) is 35.7 Å². The number of halogens is 3. The van der Waals surface area contributed by atoms with Gasteiger partial charge in [0.1, 0.15) is 0 Å². The van der Waals surface area contributed by atoms with Gasteiger partial charge in [-0.3, -0.25) is 9.59 Å². The Bertz CT molecular complexity index is 1220. The monoisotopic (exact) mass is 664 g/mol. The standard InChI is InChI=1S/C30H47F3N12O2/c1-28-16-34-9-12-37-19-29(20-38-13-10-35-17-28,21-39-14-11-36-18-28)41-25(47)4-2-3-24(46)40-15-22-5-7-23(8-6-22)26-42-44-27(45-43-26)30(31,32)33/h5-8,34-39H,2-4,9-21H2,1H3,(H,40,46)(H,41,47). The molecule has 0 saturated carbocycles. The van der Waals surface area contributed by atoms with Crippen molar-refractivity contribution < 1.29 is 22.8 Å². The SMILES string of the molecule is CC12CNCCNCC(NC(=O)CCCC(=O)NCc3ccc(-c4nnc(C(F)(F)F)nn4)cc3)(CNCCNC1)CNCCNC2. The van der Waals surface area contributed by atoms with Gasteiger partial charge in [-0.2, -0.15) is 13.2 Å². The maximum atomic E-state index is 13.2. The molecule has 3 fully saturated rings. The summed E-state index contributed by atoms with van der Waals surface area (Å²) in [5.41, 5.74) is 0.765. The van der Waals surface area contributed by atoms with E-state index in [2.05, 4.69) is 69.9 Å². The van der Waals surface area contributed by atoms with Crippen LogP contribution < -0.4 is 42.5 Å². The summed E-state index contributed by atoms with van der Waals surface area (Å²) in [4.78, 5) is 25.7. The van der Waals surface area contributed by atoms with E-state index in [1.807, 2.05) is 0 Å². The van der Waals surface area contributed by atoms with Gasteiger partial charge in [-0.15, -0.1) is 20.4 Å². The van der Waals surface area contributed by atoms with Crippen molar-refractivity contribution >= 4 is 11.8 Å². The molecule has 0 aliphatic carbocycles. The van der Waals surface area contributed by atoms with Gasteiger partial charge in [0.15, 0.2) is 0 Å². The maximum absolute atomic E-state index is 13.2. The highest BCUT2D eigenvalue weighted by molar-refractivity contribution is 5.79. The molecule has 0 spiro atoms. The van der Waals surface area contributed by atoms with Gasteiger partial charge in [0.2, 0.25) is 17.6 Å². The fourth-order valence-electron chi connectivity index (χ4n) is 5.48. The van der Waals surface area contributed by atoms with Gasteiger partial charge in [-0.05, 0) is 12.0 Å². The van der Waals surface area contributed by atoms with Crippen LogP contribution in [0.25, 0.3) is 11.4 Å². The molecule has 260 valence electrons. The Kier molecular flexibility index (Phi) is 13.7. The summed E-state index contributed by atoms with van der Waals surface area (Å²) in [6, 6.07) is 6.64. The van der Waals surface area contributed by atoms with Crippen LogP contribution >= 0.6 is 0 Å². The Morgan fingerprint density at radius 1 is 0.723 bits per heavy atom. The number of carbonyl (C=O) groups is 2. The van der Waals surface area contributed by atoms with Gasteiger partial charge in [0.25, 0.3) is 5.82 Å². The van der Waals surface area contributed by atoms with E-state index < -0.39 is 17.5 Å². The first kappa shape index (κ1) is 36.5. The zero-order valence-corrected chi connectivity index (χ0v) is 26.9. The number of fused-ring (bicyclic) bond motifs is 15. The van der Waals surface area contributed by atoms with E-state index in [4.69, 9.17) is 0 Å². The summed E-state index contributed by atoms with van der Waals surface area (Å²) in [7, 11) is 0. The number of hydrogen-bond donors (Lipinski definition) is 8. The highest BCUT2D eigenvalue weighted by atomic mass is 19.4. The molecule has 0 atom stereocenters. The predicted molar refractivity (Wildman–Crippen MR) is 170 cm³/mol. The van der Waals surface area contributed by atoms with Gasteiger partial charge in [-0.1, -0.05) is 31.2 Å². The molecular formula is C30H47F3N12O2. The summed E-state index contributed by atoms with van der Waals surface area (Å²) in [5, 5.41) is 40.6. The summed E-state index contributed by atoms with van der Waals surface area (Å²) in [6.07, 6.45) is -3.93. The molecule has 2 aromatic rings. The average molecular weight is 665 g/mol. The first-order valence-corrected chi connectivity index (χ1v) is 16.1. The quantitative estimate of drug-likeness (QED) is 0.176. The van der Waals surface area contributed by atoms with Crippen molar-refractivity contribution in [1.82, 2.24) is 62.9 Å². The third-order valence-corrected chi connectivity index (χ3v) is 8.13. The molecule has 3 saturated heterocycles. The number of rotatable bonds is 8. The van der Waals surface area contributed by atoms with Crippen molar-refractivity contribution in [2.75, 3.05) is 78.5 Å². The van der Waals surface area contributed by atoms with Crippen LogP contribution in [0.15, 0.2) is 24.3 Å². The second kappa shape index (κ2) is 17.7. The van der Waals surface area contributed by atoms with E-state index in [0.717, 1.165) is 64.5 Å². The first-order chi connectivity index (χ1) is 22.6. The van der Waals surface area contributed by atoms with Crippen LogP contribution in [0.1, 0.15) is 37.6 Å². The molecule has 4 heterocycles. The van der Waals surface area contributed by atoms with Crippen molar-refractivity contribution in [3.8, 4) is 11.4 Å². The third-order valence-electron chi connectivity index (χ3n) is 8.13. The molecule has 2 bridgehead atoms. The van der Waals surface area contributed by atoms with Crippen LogP contribution in [0.4, 0.5) is 13.2 Å². The van der Waals surface area contributed by atoms with E-state index in [1.165, 1.54) is 0 Å². The van der Waals surface area contributed by atoms with Gasteiger partial charge in [-0.25, -0.2) is 0 Å². The minimum absolute atomic E-state index is 0.0403. The lowest BCUT2D eigenvalue weighted by molar-refractivity contribution is -0.146. The normalized spacial score (nSPS) is 23.7. The average Bonchev–Trinajstić information content (AvgIpc) is 3.04. The molecule has 17 heteroatoms. The molecule has 14 nitrogen and oxygen atoms in total. The van der Waals surface area contributed by atoms with Crippen LogP contribution in [0, 0.1) is 5.41 Å². The van der Waals surface area contributed by atoms with Crippen LogP contribution in [0.2, 0.25) is 0 Å². The molecule has 3 aliphatic heterocycles. The summed E-state index contributed by atoms with van der Waals surface area (Å²) < 4.78 is 37.9. The minimum Gasteiger partial charge on any atom is -0.352 e. The van der Waals surface area contributed by atoms with E-state index in [0.29, 0.717) is 31.6 Å². The molecule has 1 aromatic carbocycles. The Balaban J connectivity index is 1.24. The first-order valence-electron chi connectivity index (χ1n) is 16.1. The Labute approximate surface area is 273 Å². The van der Waals surface area contributed by atoms with Crippen molar-refractivity contribution in [1.29, 1.82) is 0 Å². The van der Waals surface area contributed by atoms with Crippen LogP contribution in [-0.2, 0) is 22.3 Å². The highest BCUT2D eigenvalue weighted by Crippen LogP contribution is 2.25. The van der Waals surface area contributed by atoms with Gasteiger partial charge < -0.3 is 42.5 Å². The topological polar surface area (TPSA) is 182 Å². The second-order valence-corrected chi connectivity index (χ2v) is 12.6. The van der Waals surface area contributed by atoms with Crippen LogP contribution in [0.3, 0.4) is 0 Å². The molecular weight excluding hydrogens is 617 g/mol. The fraction of sp³-hybridized carbons (Fsp3) is 0.667. The Morgan fingerprint density at radius 3 is 1.68 bits per heavy atom. The number of alkyl halides is 3. The Morgan fingerprint density at radius 2 is 1.19 bits per heavy atom. The minimum atomic E-state index is -4.72. The third kappa shape index (κ3) is 12.3. The number of nitrogens with zero attached hydrogens (tertiary/aromatic N) is 4. The van der Waals surface area contributed by atoms with E-state index in [-0.39, 0.29) is 42.4 Å². The number of benzene rings is 1. The number of carbonyl (C=O) groups excluding carboxylic acids is 2. The second-order valence-electron chi connectivity index (χ2n) is 12.6. The molecule has 3 aliphatic rings. The lowest BCUT2D eigenvalue weighted by Crippen LogP contribution is -2.66. The van der Waals surface area contributed by atoms with Crippen LogP contribution in [-0.4, -0.2) is 116 Å². The molecule has 8 N–H and O–H groups in total. The predicted octanol–water partition coefficient (Wildman–Crippen LogP) is -0.835. The molecule has 47 heavy (non-hydrogen) atoms. The number of nitrogens with one attached hydrogen (secondary N) is 8. The van der Waals surface area contributed by atoms with E-state index in [9.17, 15) is 22.8 Å². The van der Waals surface area contributed by atoms with Crippen molar-refractivity contribution in [2.24, 2.45) is 5.41 Å². The van der Waals surface area contributed by atoms with Gasteiger partial charge >= 0.3 is 6.18 Å². The summed E-state index contributed by atoms with van der Waals surface area (Å²) in [5.74, 6) is -1.75. The van der Waals surface area contributed by atoms with Crippen molar-refractivity contribution in [2.45, 2.75) is 44.4 Å². The Hall–Kier alpha value is -3.35. The highest BCUT2D eigenvalue weighted by Gasteiger charge is 2.36. The summed E-state index contributed by atoms with van der Waals surface area (Å²) >= 11 is 0. The molecule has 5 rings (SSSR count).